The van der Waals surface area contributed by atoms with Gasteiger partial charge in [-0.05, 0) is 116 Å². The monoisotopic (exact) mass is 897 g/mol. The molecule has 3 heterocycles. The summed E-state index contributed by atoms with van der Waals surface area (Å²) < 4.78 is 36.7. The summed E-state index contributed by atoms with van der Waals surface area (Å²) in [5.74, 6) is -0.0288. The number of carboxylic acid groups (broad SMARTS) is 1. The lowest BCUT2D eigenvalue weighted by Gasteiger charge is -2.71. The zero-order valence-corrected chi connectivity index (χ0v) is 38.3. The van der Waals surface area contributed by atoms with Crippen molar-refractivity contribution in [1.82, 2.24) is 0 Å². The Kier molecular flexibility index (Phi) is 12.8. The molecule has 16 nitrogen and oxygen atoms in total. The fraction of sp³-hybridized carbons (Fsp3) is 0.936. The zero-order valence-electron chi connectivity index (χ0n) is 38.3. The maximum absolute atomic E-state index is 13.1. The van der Waals surface area contributed by atoms with Gasteiger partial charge in [0.2, 0.25) is 0 Å². The molecule has 9 N–H and O–H groups in total. The average molecular weight is 897 g/mol. The van der Waals surface area contributed by atoms with Crippen LogP contribution in [0.4, 0.5) is 0 Å². The molecule has 0 spiro atoms. The fourth-order valence-corrected chi connectivity index (χ4v) is 14.8. The van der Waals surface area contributed by atoms with Gasteiger partial charge in [0.25, 0.3) is 0 Å². The molecule has 0 aromatic carbocycles. The Balaban J connectivity index is 1.04. The van der Waals surface area contributed by atoms with Crippen LogP contribution in [0.1, 0.15) is 120 Å². The minimum atomic E-state index is -1.75. The number of aliphatic hydroxyl groups excluding tert-OH is 8. The molecule has 0 aromatic rings. The summed E-state index contributed by atoms with van der Waals surface area (Å²) in [6, 6.07) is 0. The third-order valence-electron chi connectivity index (χ3n) is 19.0. The van der Waals surface area contributed by atoms with E-state index >= 15 is 0 Å². The third kappa shape index (κ3) is 7.51. The molecule has 0 bridgehead atoms. The van der Waals surface area contributed by atoms with Crippen LogP contribution in [0.25, 0.3) is 0 Å². The Labute approximate surface area is 371 Å². The van der Waals surface area contributed by atoms with Crippen LogP contribution >= 0.6 is 0 Å². The standard InChI is InChI=1S/C47H76O16/c1-22-30(49)33(52)35(54)38(59-22)63-37-32(51)26(61-39-36(55)34(53)31(50)25(20-48)60-39)21-58-40(37)62-29-12-13-44(6)27(43(29,4)5)11-14-46(8)28(44)10-9-23-24-19-42(2,3)15-17-47(24,41(56)57)18-16-45(23,46)7/h9,22,24-40,48-55H,10-21H2,1-8H3,(H,56,57)/t22-,24?,25+,26-,27?,28?,29?,30-,31+,32-,33+,34-,35+,36+,37+,38?,39-,40-,44-,45+,46+,47-/m0/s1. The number of hydrogen-bond acceptors (Lipinski definition) is 15. The first-order chi connectivity index (χ1) is 29.4. The highest BCUT2D eigenvalue weighted by Gasteiger charge is 2.70. The quantitative estimate of drug-likeness (QED) is 0.125. The zero-order chi connectivity index (χ0) is 46.0. The van der Waals surface area contributed by atoms with Crippen molar-refractivity contribution in [1.29, 1.82) is 0 Å². The van der Waals surface area contributed by atoms with Gasteiger partial charge in [-0.15, -0.1) is 0 Å². The van der Waals surface area contributed by atoms with Gasteiger partial charge < -0.3 is 74.4 Å². The highest BCUT2D eigenvalue weighted by atomic mass is 16.8. The van der Waals surface area contributed by atoms with Crippen LogP contribution in [-0.4, -0.2) is 157 Å². The molecular formula is C47H76O16. The summed E-state index contributed by atoms with van der Waals surface area (Å²) in [6.07, 6.45) is -10.1. The van der Waals surface area contributed by atoms with Gasteiger partial charge in [0.1, 0.15) is 61.0 Å². The van der Waals surface area contributed by atoms with Crippen LogP contribution in [0, 0.1) is 50.2 Å². The molecule has 8 rings (SSSR count). The smallest absolute Gasteiger partial charge is 0.310 e. The second-order valence-corrected chi connectivity index (χ2v) is 23.0. The molecule has 360 valence electrons. The number of rotatable bonds is 8. The van der Waals surface area contributed by atoms with E-state index in [0.717, 1.165) is 51.4 Å². The molecule has 0 amide bonds. The van der Waals surface area contributed by atoms with Crippen molar-refractivity contribution in [3.63, 3.8) is 0 Å². The van der Waals surface area contributed by atoms with Crippen molar-refractivity contribution >= 4 is 5.97 Å². The summed E-state index contributed by atoms with van der Waals surface area (Å²) in [5, 5.41) is 96.0. The van der Waals surface area contributed by atoms with Crippen molar-refractivity contribution in [3.05, 3.63) is 11.6 Å². The molecule has 16 heteroatoms. The third-order valence-corrected chi connectivity index (χ3v) is 19.0. The van der Waals surface area contributed by atoms with Crippen molar-refractivity contribution in [2.24, 2.45) is 50.2 Å². The lowest BCUT2D eigenvalue weighted by Crippen LogP contribution is -2.66. The molecule has 4 saturated carbocycles. The summed E-state index contributed by atoms with van der Waals surface area (Å²) in [6.45, 7) is 17.0. The lowest BCUT2D eigenvalue weighted by molar-refractivity contribution is -0.380. The van der Waals surface area contributed by atoms with Gasteiger partial charge in [0.05, 0.1) is 30.8 Å². The molecule has 3 aliphatic heterocycles. The predicted molar refractivity (Wildman–Crippen MR) is 223 cm³/mol. The Hall–Kier alpha value is -1.35. The number of ether oxygens (including phenoxy) is 6. The fourth-order valence-electron chi connectivity index (χ4n) is 14.8. The number of carbonyl (C=O) groups is 1. The highest BCUT2D eigenvalue weighted by Crippen LogP contribution is 2.76. The van der Waals surface area contributed by atoms with E-state index in [1.807, 2.05) is 0 Å². The van der Waals surface area contributed by atoms with Crippen LogP contribution in [0.15, 0.2) is 11.6 Å². The van der Waals surface area contributed by atoms with E-state index < -0.39 is 109 Å². The first kappa shape index (κ1) is 48.1. The minimum absolute atomic E-state index is 0.0289. The Morgan fingerprint density at radius 1 is 0.714 bits per heavy atom. The van der Waals surface area contributed by atoms with Gasteiger partial charge in [-0.3, -0.25) is 4.79 Å². The SMILES string of the molecule is C[C@@H]1OC(O[C@H]2[C@H](OC3CC[C@@]4(C)C(CC[C@]5(C)C4CC=C4C6CC(C)(C)CC[C@]6(C(=O)O)CC[C@]45C)C3(C)C)OC[C@H](O[C@@H]3O[C@H](CO)[C@@H](O)[C@H](O)[C@H]3O)[C@@H]2O)[C@H](O)[C@H](O)[C@H]1O. The van der Waals surface area contributed by atoms with Crippen LogP contribution in [0.5, 0.6) is 0 Å². The highest BCUT2D eigenvalue weighted by molar-refractivity contribution is 5.76. The van der Waals surface area contributed by atoms with E-state index in [4.69, 9.17) is 28.4 Å². The van der Waals surface area contributed by atoms with E-state index in [0.29, 0.717) is 18.8 Å². The predicted octanol–water partition coefficient (Wildman–Crippen LogP) is 2.37. The van der Waals surface area contributed by atoms with Gasteiger partial charge in [-0.1, -0.05) is 60.1 Å². The molecule has 5 aliphatic carbocycles. The molecule has 7 fully saturated rings. The first-order valence-corrected chi connectivity index (χ1v) is 23.6. The largest absolute Gasteiger partial charge is 0.481 e. The van der Waals surface area contributed by atoms with Gasteiger partial charge in [-0.25, -0.2) is 0 Å². The van der Waals surface area contributed by atoms with E-state index in [1.54, 1.807) is 0 Å². The van der Waals surface area contributed by atoms with Gasteiger partial charge in [-0.2, -0.15) is 0 Å². The topological polar surface area (TPSA) is 255 Å². The first-order valence-electron chi connectivity index (χ1n) is 23.6. The maximum atomic E-state index is 13.1. The molecule has 22 atom stereocenters. The Morgan fingerprint density at radius 2 is 1.37 bits per heavy atom. The summed E-state index contributed by atoms with van der Waals surface area (Å²) in [7, 11) is 0. The van der Waals surface area contributed by atoms with Crippen LogP contribution < -0.4 is 0 Å². The van der Waals surface area contributed by atoms with Crippen molar-refractivity contribution in [3.8, 4) is 0 Å². The number of aliphatic hydroxyl groups is 8. The van der Waals surface area contributed by atoms with E-state index in [1.165, 1.54) is 12.5 Å². The molecule has 0 radical (unpaired) electrons. The van der Waals surface area contributed by atoms with Crippen molar-refractivity contribution in [2.75, 3.05) is 13.2 Å². The summed E-state index contributed by atoms with van der Waals surface area (Å²) in [5.41, 5.74) is 0.113. The number of fused-ring (bicyclic) bond motifs is 7. The van der Waals surface area contributed by atoms with Crippen LogP contribution in [0.3, 0.4) is 0 Å². The Bertz CT molecular complexity index is 1720. The van der Waals surface area contributed by atoms with Crippen LogP contribution in [0.2, 0.25) is 0 Å². The number of allylic oxidation sites excluding steroid dienone is 2. The van der Waals surface area contributed by atoms with Crippen molar-refractivity contribution < 1.29 is 79.2 Å². The minimum Gasteiger partial charge on any atom is -0.481 e. The molecule has 8 aliphatic rings. The van der Waals surface area contributed by atoms with E-state index in [9.17, 15) is 50.8 Å². The van der Waals surface area contributed by atoms with Gasteiger partial charge in [0.15, 0.2) is 18.9 Å². The van der Waals surface area contributed by atoms with Crippen molar-refractivity contribution in [2.45, 2.75) is 212 Å². The van der Waals surface area contributed by atoms with E-state index in [2.05, 4.69) is 54.5 Å². The lowest BCUT2D eigenvalue weighted by atomic mass is 9.33. The van der Waals surface area contributed by atoms with Gasteiger partial charge in [0, 0.05) is 0 Å². The molecule has 5 unspecified atom stereocenters. The maximum Gasteiger partial charge on any atom is 0.310 e. The molecular weight excluding hydrogens is 821 g/mol. The van der Waals surface area contributed by atoms with E-state index in [-0.39, 0.29) is 46.2 Å². The molecule has 3 saturated heterocycles. The number of hydrogen-bond donors (Lipinski definition) is 9. The average Bonchev–Trinajstić information content (AvgIpc) is 3.22. The van der Waals surface area contributed by atoms with Gasteiger partial charge >= 0.3 is 5.97 Å². The normalized spacial score (nSPS) is 54.1. The second-order valence-electron chi connectivity index (χ2n) is 23.0. The van der Waals surface area contributed by atoms with Crippen LogP contribution in [-0.2, 0) is 33.2 Å². The summed E-state index contributed by atoms with van der Waals surface area (Å²) in [4.78, 5) is 13.1. The summed E-state index contributed by atoms with van der Waals surface area (Å²) >= 11 is 0. The second kappa shape index (κ2) is 16.7. The number of aliphatic carboxylic acids is 1. The Morgan fingerprint density at radius 3 is 2.03 bits per heavy atom. The molecule has 0 aromatic heterocycles. The molecule has 63 heavy (non-hydrogen) atoms. The number of carboxylic acids is 1.